The third-order valence-corrected chi connectivity index (χ3v) is 4.91. The highest BCUT2D eigenvalue weighted by atomic mass is 32.2. The number of likely N-dealkylation sites (tertiary alicyclic amines) is 1. The van der Waals surface area contributed by atoms with Crippen molar-refractivity contribution >= 4 is 17.5 Å². The molecule has 0 aromatic heterocycles. The molecule has 0 spiro atoms. The predicted molar refractivity (Wildman–Crippen MR) is 71.1 cm³/mol. The summed E-state index contributed by atoms with van der Waals surface area (Å²) in [5, 5.41) is 0.242. The first kappa shape index (κ1) is 11.3. The Bertz CT molecular complexity index is 390. The largest absolute Gasteiger partial charge is 0.298 e. The number of hydrogen-bond donors (Lipinski definition) is 0. The van der Waals surface area contributed by atoms with Gasteiger partial charge in [0, 0.05) is 25.6 Å². The summed E-state index contributed by atoms with van der Waals surface area (Å²) in [5.74, 6) is 1.98. The molecule has 2 heterocycles. The monoisotopic (exact) mass is 247 g/mol. The Kier molecular flexibility index (Phi) is 3.21. The van der Waals surface area contributed by atoms with Crippen LogP contribution < -0.4 is 0 Å². The van der Waals surface area contributed by atoms with Gasteiger partial charge in [0.25, 0.3) is 0 Å². The van der Waals surface area contributed by atoms with Crippen molar-refractivity contribution in [3.8, 4) is 0 Å². The van der Waals surface area contributed by atoms with E-state index in [2.05, 4.69) is 29.2 Å². The Morgan fingerprint density at radius 1 is 1.24 bits per heavy atom. The van der Waals surface area contributed by atoms with Crippen molar-refractivity contribution < 1.29 is 4.79 Å². The number of piperidine rings is 1. The second kappa shape index (κ2) is 4.83. The minimum Gasteiger partial charge on any atom is -0.298 e. The van der Waals surface area contributed by atoms with Gasteiger partial charge in [-0.3, -0.25) is 9.69 Å². The van der Waals surface area contributed by atoms with Gasteiger partial charge in [-0.05, 0) is 17.7 Å². The zero-order valence-electron chi connectivity index (χ0n) is 9.84. The highest BCUT2D eigenvalue weighted by Gasteiger charge is 2.38. The van der Waals surface area contributed by atoms with Crippen molar-refractivity contribution in [3.05, 3.63) is 35.9 Å². The van der Waals surface area contributed by atoms with Gasteiger partial charge in [-0.25, -0.2) is 0 Å². The van der Waals surface area contributed by atoms with Crippen molar-refractivity contribution in [3.63, 3.8) is 0 Å². The van der Waals surface area contributed by atoms with Crippen LogP contribution in [-0.2, 0) is 11.3 Å². The maximum Gasteiger partial charge on any atom is 0.151 e. The Morgan fingerprint density at radius 3 is 2.82 bits per heavy atom. The van der Waals surface area contributed by atoms with E-state index in [4.69, 9.17) is 0 Å². The van der Waals surface area contributed by atoms with E-state index in [1.165, 1.54) is 11.3 Å². The molecule has 1 aromatic rings. The number of benzene rings is 1. The molecule has 3 heteroatoms. The van der Waals surface area contributed by atoms with Crippen LogP contribution in [-0.4, -0.2) is 34.8 Å². The molecule has 0 N–H and O–H groups in total. The molecule has 2 bridgehead atoms. The lowest BCUT2D eigenvalue weighted by Crippen LogP contribution is -2.50. The van der Waals surface area contributed by atoms with Crippen LogP contribution in [0.1, 0.15) is 12.0 Å². The lowest BCUT2D eigenvalue weighted by molar-refractivity contribution is -0.126. The van der Waals surface area contributed by atoms with E-state index >= 15 is 0 Å². The van der Waals surface area contributed by atoms with Gasteiger partial charge in [-0.15, -0.1) is 11.8 Å². The zero-order valence-corrected chi connectivity index (χ0v) is 10.7. The Hall–Kier alpha value is -0.800. The molecule has 90 valence electrons. The van der Waals surface area contributed by atoms with E-state index in [-0.39, 0.29) is 5.25 Å². The van der Waals surface area contributed by atoms with E-state index in [1.54, 1.807) is 0 Å². The number of fused-ring (bicyclic) bond motifs is 2. The van der Waals surface area contributed by atoms with Crippen LogP contribution in [0.3, 0.4) is 0 Å². The van der Waals surface area contributed by atoms with E-state index < -0.39 is 0 Å². The Morgan fingerprint density at radius 2 is 2.06 bits per heavy atom. The average Bonchev–Trinajstić information content (AvgIpc) is 2.32. The summed E-state index contributed by atoms with van der Waals surface area (Å²) in [7, 11) is 0. The third kappa shape index (κ3) is 2.40. The van der Waals surface area contributed by atoms with Crippen LogP contribution in [0.25, 0.3) is 0 Å². The van der Waals surface area contributed by atoms with Crippen LogP contribution in [0.2, 0.25) is 0 Å². The van der Waals surface area contributed by atoms with Crippen molar-refractivity contribution in [2.75, 3.05) is 18.8 Å². The second-order valence-electron chi connectivity index (χ2n) is 4.93. The maximum atomic E-state index is 12.0. The molecule has 0 radical (unpaired) electrons. The molecule has 2 nitrogen and oxygen atoms in total. The smallest absolute Gasteiger partial charge is 0.151 e. The number of rotatable bonds is 2. The number of nitrogens with zero attached hydrogens (tertiary/aromatic N) is 1. The van der Waals surface area contributed by atoms with Crippen molar-refractivity contribution in [2.45, 2.75) is 18.2 Å². The van der Waals surface area contributed by atoms with Crippen LogP contribution in [0.15, 0.2) is 30.3 Å². The molecule has 2 aliphatic heterocycles. The van der Waals surface area contributed by atoms with Gasteiger partial charge in [0.2, 0.25) is 0 Å². The fourth-order valence-corrected chi connectivity index (χ4v) is 4.13. The minimum atomic E-state index is 0.242. The highest BCUT2D eigenvalue weighted by Crippen LogP contribution is 2.32. The summed E-state index contributed by atoms with van der Waals surface area (Å²) in [6, 6.07) is 10.5. The molecule has 0 saturated carbocycles. The quantitative estimate of drug-likeness (QED) is 0.799. The predicted octanol–water partition coefficient (Wildman–Crippen LogP) is 2.19. The number of Topliss-reactive ketones (excluding diaryl/α,β-unsaturated/α-hetero) is 1. The molecule has 3 rings (SSSR count). The van der Waals surface area contributed by atoms with Crippen LogP contribution in [0.4, 0.5) is 0 Å². The highest BCUT2D eigenvalue weighted by molar-refractivity contribution is 8.00. The first-order valence-electron chi connectivity index (χ1n) is 6.24. The molecule has 17 heavy (non-hydrogen) atoms. The van der Waals surface area contributed by atoms with Gasteiger partial charge in [0.1, 0.15) is 0 Å². The summed E-state index contributed by atoms with van der Waals surface area (Å²) in [5.41, 5.74) is 1.35. The lowest BCUT2D eigenvalue weighted by atomic mass is 9.93. The summed E-state index contributed by atoms with van der Waals surface area (Å²) in [6.45, 7) is 2.89. The average molecular weight is 247 g/mol. The van der Waals surface area contributed by atoms with Gasteiger partial charge < -0.3 is 0 Å². The fraction of sp³-hybridized carbons (Fsp3) is 0.500. The van der Waals surface area contributed by atoms with E-state index in [9.17, 15) is 4.79 Å². The summed E-state index contributed by atoms with van der Waals surface area (Å²) in [6.07, 6.45) is 1.07. The molecule has 2 fully saturated rings. The molecular weight excluding hydrogens is 230 g/mol. The number of carbonyl (C=O) groups excluding carboxylic acids is 1. The second-order valence-corrected chi connectivity index (χ2v) is 6.24. The van der Waals surface area contributed by atoms with E-state index in [1.807, 2.05) is 17.8 Å². The molecule has 2 saturated heterocycles. The van der Waals surface area contributed by atoms with Gasteiger partial charge in [-0.1, -0.05) is 30.3 Å². The molecular formula is C14H17NOS. The van der Waals surface area contributed by atoms with Crippen molar-refractivity contribution in [1.82, 2.24) is 4.90 Å². The number of carbonyl (C=O) groups is 1. The minimum absolute atomic E-state index is 0.242. The first-order valence-corrected chi connectivity index (χ1v) is 7.29. The van der Waals surface area contributed by atoms with E-state index in [0.717, 1.165) is 26.1 Å². The SMILES string of the molecule is O=C1[C@H]2CCS[C@H]1CN(Cc1ccccc1)C2. The van der Waals surface area contributed by atoms with Gasteiger partial charge in [-0.2, -0.15) is 0 Å². The normalized spacial score (nSPS) is 29.3. The Balaban J connectivity index is 1.68. The molecule has 2 atom stereocenters. The molecule has 0 unspecified atom stereocenters. The van der Waals surface area contributed by atoms with Gasteiger partial charge in [0.15, 0.2) is 5.78 Å². The van der Waals surface area contributed by atoms with Crippen LogP contribution in [0.5, 0.6) is 0 Å². The van der Waals surface area contributed by atoms with Crippen LogP contribution >= 0.6 is 11.8 Å². The molecule has 2 aliphatic rings. The van der Waals surface area contributed by atoms with Crippen LogP contribution in [0, 0.1) is 5.92 Å². The standard InChI is InChI=1S/C14H17NOS/c16-14-12-6-7-17-13(14)10-15(9-12)8-11-4-2-1-3-5-11/h1-5,12-13H,6-10H2/t12-,13-/m0/s1. The summed E-state index contributed by atoms with van der Waals surface area (Å²) >= 11 is 1.85. The molecule has 0 amide bonds. The van der Waals surface area contributed by atoms with Crippen molar-refractivity contribution in [1.29, 1.82) is 0 Å². The summed E-state index contributed by atoms with van der Waals surface area (Å²) in [4.78, 5) is 14.4. The van der Waals surface area contributed by atoms with Gasteiger partial charge >= 0.3 is 0 Å². The molecule has 1 aromatic carbocycles. The summed E-state index contributed by atoms with van der Waals surface area (Å²) < 4.78 is 0. The maximum absolute atomic E-state index is 12.0. The number of ketones is 1. The third-order valence-electron chi connectivity index (χ3n) is 3.66. The number of hydrogen-bond acceptors (Lipinski definition) is 3. The topological polar surface area (TPSA) is 20.3 Å². The number of thioether (sulfide) groups is 1. The van der Waals surface area contributed by atoms with E-state index in [0.29, 0.717) is 11.7 Å². The molecule has 0 aliphatic carbocycles. The first-order chi connectivity index (χ1) is 8.33. The van der Waals surface area contributed by atoms with Gasteiger partial charge in [0.05, 0.1) is 5.25 Å². The van der Waals surface area contributed by atoms with Crippen molar-refractivity contribution in [2.24, 2.45) is 5.92 Å². The lowest BCUT2D eigenvalue weighted by Gasteiger charge is -2.39. The fourth-order valence-electron chi connectivity index (χ4n) is 2.76. The Labute approximate surface area is 106 Å². The zero-order chi connectivity index (χ0) is 11.7.